The van der Waals surface area contributed by atoms with Crippen molar-refractivity contribution in [1.82, 2.24) is 5.32 Å². The number of benzene rings is 2. The summed E-state index contributed by atoms with van der Waals surface area (Å²) in [6.45, 7) is 6.09. The van der Waals surface area contributed by atoms with Gasteiger partial charge in [-0.25, -0.2) is 4.79 Å². The normalized spacial score (nSPS) is 12.0. The van der Waals surface area contributed by atoms with Crippen molar-refractivity contribution >= 4 is 24.1 Å². The lowest BCUT2D eigenvalue weighted by Gasteiger charge is -2.24. The number of hydrogen-bond acceptors (Lipinski definition) is 8. The number of aliphatic hydroxyl groups is 1. The smallest absolute Gasteiger partial charge is 0.408 e. The summed E-state index contributed by atoms with van der Waals surface area (Å²) in [5, 5.41) is 13.0. The SMILES string of the molecule is CC.CCOC(O)C(NC(=O)OCc1ccccc1)c1ccc(OC(=O)CCSOC)cc1. The molecule has 2 unspecified atom stereocenters. The molecule has 1 amide bonds. The second-order valence-electron chi connectivity index (χ2n) is 6.31. The molecule has 0 aliphatic rings. The predicted octanol–water partition coefficient (Wildman–Crippen LogP) is 4.63. The molecule has 0 aliphatic carbocycles. The van der Waals surface area contributed by atoms with Crippen molar-refractivity contribution in [2.75, 3.05) is 19.5 Å². The zero-order valence-corrected chi connectivity index (χ0v) is 20.3. The van der Waals surface area contributed by atoms with Crippen molar-refractivity contribution in [3.63, 3.8) is 0 Å². The summed E-state index contributed by atoms with van der Waals surface area (Å²) in [4.78, 5) is 24.1. The van der Waals surface area contributed by atoms with Gasteiger partial charge in [0.1, 0.15) is 18.4 Å². The van der Waals surface area contributed by atoms with Crippen LogP contribution in [0.25, 0.3) is 0 Å². The second-order valence-corrected chi connectivity index (χ2v) is 7.29. The Morgan fingerprint density at radius 2 is 1.73 bits per heavy atom. The third-order valence-electron chi connectivity index (χ3n) is 4.09. The van der Waals surface area contributed by atoms with Crippen LogP contribution in [0.5, 0.6) is 5.75 Å². The summed E-state index contributed by atoms with van der Waals surface area (Å²) >= 11 is 1.17. The Morgan fingerprint density at radius 1 is 1.06 bits per heavy atom. The number of rotatable bonds is 12. The molecule has 182 valence electrons. The van der Waals surface area contributed by atoms with Crippen molar-refractivity contribution in [1.29, 1.82) is 0 Å². The molecule has 0 aromatic heterocycles. The van der Waals surface area contributed by atoms with Crippen LogP contribution >= 0.6 is 12.0 Å². The third-order valence-corrected chi connectivity index (χ3v) is 4.69. The van der Waals surface area contributed by atoms with Gasteiger partial charge in [0.25, 0.3) is 0 Å². The van der Waals surface area contributed by atoms with Crippen molar-refractivity contribution < 1.29 is 33.1 Å². The van der Waals surface area contributed by atoms with Crippen LogP contribution < -0.4 is 10.1 Å². The average Bonchev–Trinajstić information content (AvgIpc) is 2.84. The quantitative estimate of drug-likeness (QED) is 0.149. The molecule has 0 heterocycles. The van der Waals surface area contributed by atoms with Crippen LogP contribution in [0.2, 0.25) is 0 Å². The Labute approximate surface area is 199 Å². The minimum absolute atomic E-state index is 0.0976. The fourth-order valence-electron chi connectivity index (χ4n) is 2.61. The largest absolute Gasteiger partial charge is 0.445 e. The highest BCUT2D eigenvalue weighted by Gasteiger charge is 2.24. The van der Waals surface area contributed by atoms with E-state index in [1.54, 1.807) is 31.2 Å². The Morgan fingerprint density at radius 3 is 2.33 bits per heavy atom. The molecular formula is C24H33NO7S. The van der Waals surface area contributed by atoms with Gasteiger partial charge in [-0.3, -0.25) is 4.79 Å². The minimum Gasteiger partial charge on any atom is -0.445 e. The van der Waals surface area contributed by atoms with Crippen molar-refractivity contribution in [3.8, 4) is 5.75 Å². The first-order valence-electron chi connectivity index (χ1n) is 10.8. The molecule has 8 nitrogen and oxygen atoms in total. The summed E-state index contributed by atoms with van der Waals surface area (Å²) < 4.78 is 20.6. The van der Waals surface area contributed by atoms with E-state index < -0.39 is 18.4 Å². The Hall–Kier alpha value is -2.59. The number of carbonyl (C=O) groups is 2. The van der Waals surface area contributed by atoms with E-state index in [-0.39, 0.29) is 25.6 Å². The second kappa shape index (κ2) is 17.0. The molecule has 0 radical (unpaired) electrons. The summed E-state index contributed by atoms with van der Waals surface area (Å²) in [5.41, 5.74) is 1.40. The van der Waals surface area contributed by atoms with Crippen LogP contribution in [-0.4, -0.2) is 42.9 Å². The van der Waals surface area contributed by atoms with Gasteiger partial charge in [-0.2, -0.15) is 0 Å². The molecular weight excluding hydrogens is 446 g/mol. The van der Waals surface area contributed by atoms with Crippen molar-refractivity contribution in [2.45, 2.75) is 46.1 Å². The van der Waals surface area contributed by atoms with Crippen LogP contribution in [0.4, 0.5) is 4.79 Å². The maximum atomic E-state index is 12.3. The van der Waals surface area contributed by atoms with Gasteiger partial charge in [-0.1, -0.05) is 56.3 Å². The lowest BCUT2D eigenvalue weighted by Crippen LogP contribution is -2.38. The molecule has 2 aromatic carbocycles. The zero-order valence-electron chi connectivity index (χ0n) is 19.5. The van der Waals surface area contributed by atoms with Crippen LogP contribution in [0.3, 0.4) is 0 Å². The van der Waals surface area contributed by atoms with Gasteiger partial charge in [0.2, 0.25) is 0 Å². The fourth-order valence-corrected chi connectivity index (χ4v) is 3.03. The Bertz CT molecular complexity index is 802. The molecule has 2 N–H and O–H groups in total. The van der Waals surface area contributed by atoms with E-state index in [4.69, 9.17) is 18.4 Å². The lowest BCUT2D eigenvalue weighted by molar-refractivity contribution is -0.133. The molecule has 9 heteroatoms. The number of esters is 1. The summed E-state index contributed by atoms with van der Waals surface area (Å²) in [5.74, 6) is 0.462. The van der Waals surface area contributed by atoms with E-state index >= 15 is 0 Å². The summed E-state index contributed by atoms with van der Waals surface area (Å²) in [7, 11) is 1.54. The Kier molecular flexibility index (Phi) is 14.6. The number of ether oxygens (including phenoxy) is 3. The number of nitrogens with one attached hydrogen (secondary N) is 1. The first-order chi connectivity index (χ1) is 16.0. The van der Waals surface area contributed by atoms with Gasteiger partial charge < -0.3 is 28.8 Å². The van der Waals surface area contributed by atoms with Gasteiger partial charge in [0, 0.05) is 12.4 Å². The van der Waals surface area contributed by atoms with Gasteiger partial charge in [0.15, 0.2) is 6.29 Å². The zero-order chi connectivity index (χ0) is 24.5. The van der Waals surface area contributed by atoms with Gasteiger partial charge in [0.05, 0.1) is 13.5 Å². The molecule has 0 bridgehead atoms. The molecule has 0 spiro atoms. The van der Waals surface area contributed by atoms with Crippen LogP contribution in [0.1, 0.15) is 44.4 Å². The first-order valence-corrected chi connectivity index (χ1v) is 11.7. The Balaban J connectivity index is 0.00000265. The average molecular weight is 480 g/mol. The molecule has 0 aliphatic heterocycles. The number of alkyl carbamates (subject to hydrolysis) is 1. The summed E-state index contributed by atoms with van der Waals surface area (Å²) in [6.07, 6.45) is -1.77. The molecule has 2 rings (SSSR count). The lowest BCUT2D eigenvalue weighted by atomic mass is 10.1. The van der Waals surface area contributed by atoms with E-state index in [2.05, 4.69) is 5.32 Å². The number of aliphatic hydroxyl groups excluding tert-OH is 1. The van der Waals surface area contributed by atoms with E-state index in [0.717, 1.165) is 5.56 Å². The van der Waals surface area contributed by atoms with Gasteiger partial charge in [-0.05, 0) is 42.2 Å². The third kappa shape index (κ3) is 11.2. The number of hydrogen-bond donors (Lipinski definition) is 2. The van der Waals surface area contributed by atoms with E-state index in [9.17, 15) is 14.7 Å². The van der Waals surface area contributed by atoms with Crippen molar-refractivity contribution in [2.24, 2.45) is 0 Å². The molecule has 0 saturated heterocycles. The molecule has 33 heavy (non-hydrogen) atoms. The summed E-state index contributed by atoms with van der Waals surface area (Å²) in [6, 6.07) is 14.8. The number of carbonyl (C=O) groups excluding carboxylic acids is 2. The molecule has 0 saturated carbocycles. The highest BCUT2D eigenvalue weighted by molar-refractivity contribution is 7.94. The fraction of sp³-hybridized carbons (Fsp3) is 0.417. The highest BCUT2D eigenvalue weighted by atomic mass is 32.2. The van der Waals surface area contributed by atoms with Crippen LogP contribution in [0.15, 0.2) is 54.6 Å². The monoisotopic (exact) mass is 479 g/mol. The van der Waals surface area contributed by atoms with Crippen molar-refractivity contribution in [3.05, 3.63) is 65.7 Å². The highest BCUT2D eigenvalue weighted by Crippen LogP contribution is 2.22. The molecule has 2 aromatic rings. The number of amides is 1. The van der Waals surface area contributed by atoms with Crippen LogP contribution in [0, 0.1) is 0 Å². The maximum absolute atomic E-state index is 12.3. The van der Waals surface area contributed by atoms with E-state index in [1.165, 1.54) is 19.2 Å². The van der Waals surface area contributed by atoms with E-state index in [0.29, 0.717) is 17.1 Å². The standard InChI is InChI=1S/C22H27NO7S.C2H6/c1-3-28-21(25)20(23-22(26)29-15-16-7-5-4-6-8-16)17-9-11-18(12-10-17)30-19(24)13-14-31-27-2;1-2/h4-12,20-21,25H,3,13-15H2,1-2H3,(H,23,26);1-2H3. The van der Waals surface area contributed by atoms with Crippen LogP contribution in [-0.2, 0) is 25.1 Å². The predicted molar refractivity (Wildman–Crippen MR) is 128 cm³/mol. The molecule has 2 atom stereocenters. The first kappa shape index (κ1) is 28.4. The topological polar surface area (TPSA) is 103 Å². The van der Waals surface area contributed by atoms with Gasteiger partial charge in [-0.15, -0.1) is 0 Å². The molecule has 0 fully saturated rings. The van der Waals surface area contributed by atoms with Gasteiger partial charge >= 0.3 is 12.1 Å². The maximum Gasteiger partial charge on any atom is 0.408 e. The minimum atomic E-state index is -1.28. The van der Waals surface area contributed by atoms with E-state index in [1.807, 2.05) is 44.2 Å².